The first-order chi connectivity index (χ1) is 10.9. The van der Waals surface area contributed by atoms with E-state index < -0.39 is 0 Å². The minimum absolute atomic E-state index is 0.219. The standard InChI is InChI=1S/C16H18N6O/c1-10-9-17-21(4)14(10)6-5-13-8-15(23)19-16(18-13)22-12(3)7-11(2)20-22/h5-9H,1-4H3,(H,18,19,23)/b6-5+. The van der Waals surface area contributed by atoms with Crippen LogP contribution < -0.4 is 5.56 Å². The van der Waals surface area contributed by atoms with Crippen molar-refractivity contribution < 1.29 is 0 Å². The summed E-state index contributed by atoms with van der Waals surface area (Å²) in [5, 5.41) is 8.54. The summed E-state index contributed by atoms with van der Waals surface area (Å²) in [6.07, 6.45) is 5.50. The predicted molar refractivity (Wildman–Crippen MR) is 88.3 cm³/mol. The average molecular weight is 310 g/mol. The van der Waals surface area contributed by atoms with Gasteiger partial charge in [-0.25, -0.2) is 9.67 Å². The Morgan fingerprint density at radius 1 is 1.17 bits per heavy atom. The molecule has 7 heteroatoms. The lowest BCUT2D eigenvalue weighted by atomic mass is 10.2. The van der Waals surface area contributed by atoms with E-state index >= 15 is 0 Å². The van der Waals surface area contributed by atoms with E-state index in [9.17, 15) is 4.79 Å². The summed E-state index contributed by atoms with van der Waals surface area (Å²) in [7, 11) is 1.87. The van der Waals surface area contributed by atoms with Crippen LogP contribution >= 0.6 is 0 Å². The van der Waals surface area contributed by atoms with Crippen LogP contribution in [0.3, 0.4) is 0 Å². The molecule has 0 spiro atoms. The maximum absolute atomic E-state index is 11.9. The van der Waals surface area contributed by atoms with Gasteiger partial charge in [0, 0.05) is 18.8 Å². The van der Waals surface area contributed by atoms with Gasteiger partial charge in [0.15, 0.2) is 0 Å². The van der Waals surface area contributed by atoms with Crippen molar-refractivity contribution in [3.63, 3.8) is 0 Å². The summed E-state index contributed by atoms with van der Waals surface area (Å²) in [5.74, 6) is 0.407. The number of rotatable bonds is 3. The van der Waals surface area contributed by atoms with Crippen LogP contribution in [0.1, 0.15) is 28.3 Å². The molecule has 0 unspecified atom stereocenters. The van der Waals surface area contributed by atoms with E-state index in [-0.39, 0.29) is 5.56 Å². The second-order valence-corrected chi connectivity index (χ2v) is 5.50. The molecule has 0 aromatic carbocycles. The minimum Gasteiger partial charge on any atom is -0.291 e. The monoisotopic (exact) mass is 310 g/mol. The second-order valence-electron chi connectivity index (χ2n) is 5.50. The molecule has 0 bridgehead atoms. The zero-order chi connectivity index (χ0) is 16.6. The molecule has 0 aliphatic heterocycles. The van der Waals surface area contributed by atoms with Gasteiger partial charge in [0.05, 0.1) is 23.3 Å². The number of H-pyrrole nitrogens is 1. The Labute approximate surface area is 133 Å². The fourth-order valence-electron chi connectivity index (χ4n) is 2.45. The topological polar surface area (TPSA) is 81.4 Å². The molecule has 3 aromatic rings. The van der Waals surface area contributed by atoms with Crippen LogP contribution in [0, 0.1) is 20.8 Å². The molecule has 23 heavy (non-hydrogen) atoms. The van der Waals surface area contributed by atoms with Crippen LogP contribution in [0.4, 0.5) is 0 Å². The smallest absolute Gasteiger partial charge is 0.252 e. The van der Waals surface area contributed by atoms with Crippen molar-refractivity contribution in [1.82, 2.24) is 29.5 Å². The molecule has 0 saturated heterocycles. The molecule has 0 amide bonds. The highest BCUT2D eigenvalue weighted by Gasteiger charge is 2.07. The van der Waals surface area contributed by atoms with Crippen LogP contribution in [0.2, 0.25) is 0 Å². The Hall–Kier alpha value is -2.96. The highest BCUT2D eigenvalue weighted by atomic mass is 16.1. The summed E-state index contributed by atoms with van der Waals surface area (Å²) in [4.78, 5) is 19.1. The van der Waals surface area contributed by atoms with Crippen LogP contribution in [-0.4, -0.2) is 29.5 Å². The molecule has 0 atom stereocenters. The number of nitrogens with one attached hydrogen (secondary N) is 1. The zero-order valence-electron chi connectivity index (χ0n) is 13.5. The summed E-state index contributed by atoms with van der Waals surface area (Å²) in [6.45, 7) is 5.80. The Morgan fingerprint density at radius 3 is 2.57 bits per heavy atom. The maximum atomic E-state index is 11.9. The largest absolute Gasteiger partial charge is 0.291 e. The van der Waals surface area contributed by atoms with Gasteiger partial charge in [0.25, 0.3) is 5.56 Å². The molecule has 3 aromatic heterocycles. The number of nitrogens with zero attached hydrogens (tertiary/aromatic N) is 5. The van der Waals surface area contributed by atoms with E-state index in [1.807, 2.05) is 40.0 Å². The minimum atomic E-state index is -0.219. The van der Waals surface area contributed by atoms with Crippen LogP contribution in [-0.2, 0) is 7.05 Å². The Kier molecular flexibility index (Phi) is 3.69. The molecule has 0 radical (unpaired) electrons. The van der Waals surface area contributed by atoms with Crippen molar-refractivity contribution in [2.24, 2.45) is 7.05 Å². The Bertz CT molecular complexity index is 924. The van der Waals surface area contributed by atoms with E-state index in [1.54, 1.807) is 21.6 Å². The van der Waals surface area contributed by atoms with Gasteiger partial charge < -0.3 is 0 Å². The van der Waals surface area contributed by atoms with Gasteiger partial charge in [-0.1, -0.05) is 0 Å². The highest BCUT2D eigenvalue weighted by Crippen LogP contribution is 2.11. The first-order valence-electron chi connectivity index (χ1n) is 7.26. The van der Waals surface area contributed by atoms with Crippen molar-refractivity contribution in [2.75, 3.05) is 0 Å². The van der Waals surface area contributed by atoms with Gasteiger partial charge in [-0.15, -0.1) is 0 Å². The number of hydrogen-bond acceptors (Lipinski definition) is 4. The third-order valence-corrected chi connectivity index (χ3v) is 3.55. The summed E-state index contributed by atoms with van der Waals surface area (Å²) in [6, 6.07) is 3.39. The first kappa shape index (κ1) is 15.0. The normalized spacial score (nSPS) is 11.5. The molecule has 1 N–H and O–H groups in total. The Morgan fingerprint density at radius 2 is 1.96 bits per heavy atom. The van der Waals surface area contributed by atoms with Crippen molar-refractivity contribution >= 4 is 12.2 Å². The van der Waals surface area contributed by atoms with Gasteiger partial charge >= 0.3 is 0 Å². The van der Waals surface area contributed by atoms with Crippen LogP contribution in [0.25, 0.3) is 18.1 Å². The van der Waals surface area contributed by atoms with E-state index in [1.165, 1.54) is 6.07 Å². The lowest BCUT2D eigenvalue weighted by molar-refractivity contribution is 0.759. The predicted octanol–water partition coefficient (Wildman–Crippen LogP) is 1.78. The molecule has 0 fully saturated rings. The van der Waals surface area contributed by atoms with Gasteiger partial charge in [0.2, 0.25) is 5.95 Å². The molecular formula is C16H18N6O. The van der Waals surface area contributed by atoms with Gasteiger partial charge in [0.1, 0.15) is 0 Å². The summed E-state index contributed by atoms with van der Waals surface area (Å²) in [5.41, 5.74) is 4.17. The molecule has 0 saturated carbocycles. The van der Waals surface area contributed by atoms with Crippen molar-refractivity contribution in [1.29, 1.82) is 0 Å². The lowest BCUT2D eigenvalue weighted by Crippen LogP contribution is -2.14. The van der Waals surface area contributed by atoms with E-state index in [4.69, 9.17) is 0 Å². The SMILES string of the molecule is Cc1cc(C)n(-c2nc(/C=C/c3c(C)cnn3C)cc(=O)[nH]2)n1. The fraction of sp³-hybridized carbons (Fsp3) is 0.250. The number of aromatic amines is 1. The van der Waals surface area contributed by atoms with Crippen molar-refractivity contribution in [3.05, 3.63) is 57.0 Å². The quantitative estimate of drug-likeness (QED) is 0.799. The van der Waals surface area contributed by atoms with Gasteiger partial charge in [-0.05, 0) is 44.6 Å². The second kappa shape index (κ2) is 5.68. The molecule has 7 nitrogen and oxygen atoms in total. The summed E-state index contributed by atoms with van der Waals surface area (Å²) < 4.78 is 3.41. The summed E-state index contributed by atoms with van der Waals surface area (Å²) >= 11 is 0. The molecule has 0 aliphatic carbocycles. The third-order valence-electron chi connectivity index (χ3n) is 3.55. The Balaban J connectivity index is 2.02. The van der Waals surface area contributed by atoms with E-state index in [0.29, 0.717) is 11.6 Å². The molecule has 3 rings (SSSR count). The van der Waals surface area contributed by atoms with Crippen LogP contribution in [0.5, 0.6) is 0 Å². The third kappa shape index (κ3) is 2.98. The van der Waals surface area contributed by atoms with Gasteiger partial charge in [-0.2, -0.15) is 10.2 Å². The fourth-order valence-corrected chi connectivity index (χ4v) is 2.45. The molecule has 3 heterocycles. The molecule has 118 valence electrons. The lowest BCUT2D eigenvalue weighted by Gasteiger charge is -2.04. The zero-order valence-corrected chi connectivity index (χ0v) is 13.5. The first-order valence-corrected chi connectivity index (χ1v) is 7.26. The van der Waals surface area contributed by atoms with Crippen molar-refractivity contribution in [3.8, 4) is 5.95 Å². The van der Waals surface area contributed by atoms with E-state index in [0.717, 1.165) is 22.6 Å². The van der Waals surface area contributed by atoms with Crippen molar-refractivity contribution in [2.45, 2.75) is 20.8 Å². The van der Waals surface area contributed by atoms with Gasteiger partial charge in [-0.3, -0.25) is 14.5 Å². The number of aromatic nitrogens is 6. The maximum Gasteiger partial charge on any atom is 0.252 e. The highest BCUT2D eigenvalue weighted by molar-refractivity contribution is 5.67. The molecule has 0 aliphatic rings. The van der Waals surface area contributed by atoms with Crippen LogP contribution in [0.15, 0.2) is 23.1 Å². The average Bonchev–Trinajstić information content (AvgIpc) is 2.98. The number of aryl methyl sites for hydroxylation is 4. The number of hydrogen-bond donors (Lipinski definition) is 1. The van der Waals surface area contributed by atoms with E-state index in [2.05, 4.69) is 20.2 Å². The molecular weight excluding hydrogens is 292 g/mol.